The van der Waals surface area contributed by atoms with Crippen LogP contribution in [0.3, 0.4) is 0 Å². The van der Waals surface area contributed by atoms with E-state index in [1.807, 2.05) is 0 Å². The van der Waals surface area contributed by atoms with Crippen molar-refractivity contribution in [1.82, 2.24) is 4.90 Å². The first-order chi connectivity index (χ1) is 7.21. The average Bonchev–Trinajstić information content (AvgIpc) is 2.70. The van der Waals surface area contributed by atoms with Crippen molar-refractivity contribution in [2.75, 3.05) is 13.1 Å². The summed E-state index contributed by atoms with van der Waals surface area (Å²) in [6.07, 6.45) is 11.1. The van der Waals surface area contributed by atoms with Crippen molar-refractivity contribution < 1.29 is 0 Å². The second-order valence-electron chi connectivity index (χ2n) is 4.50. The summed E-state index contributed by atoms with van der Waals surface area (Å²) >= 11 is 0. The van der Waals surface area contributed by atoms with Crippen molar-refractivity contribution in [3.05, 3.63) is 0 Å². The van der Waals surface area contributed by atoms with Gasteiger partial charge in [0, 0.05) is 18.0 Å². The Balaban J connectivity index is 2.82. The molecule has 86 valence electrons. The van der Waals surface area contributed by atoms with Crippen LogP contribution in [0, 0.1) is 12.3 Å². The van der Waals surface area contributed by atoms with Gasteiger partial charge in [-0.1, -0.05) is 26.7 Å². The summed E-state index contributed by atoms with van der Waals surface area (Å²) in [5.41, 5.74) is 6.48. The molecule has 2 N–H and O–H groups in total. The molecule has 1 rings (SSSR count). The third-order valence-corrected chi connectivity index (χ3v) is 3.89. The van der Waals surface area contributed by atoms with Gasteiger partial charge in [0.25, 0.3) is 0 Å². The summed E-state index contributed by atoms with van der Waals surface area (Å²) in [6.45, 7) is 6.59. The van der Waals surface area contributed by atoms with Crippen LogP contribution in [0.15, 0.2) is 0 Å². The zero-order valence-corrected chi connectivity index (χ0v) is 10.1. The second-order valence-corrected chi connectivity index (χ2v) is 4.50. The molecule has 2 heteroatoms. The van der Waals surface area contributed by atoms with Gasteiger partial charge in [0.15, 0.2) is 0 Å². The van der Waals surface area contributed by atoms with Gasteiger partial charge in [0.05, 0.1) is 0 Å². The van der Waals surface area contributed by atoms with Crippen LogP contribution in [0.2, 0.25) is 0 Å². The highest BCUT2D eigenvalue weighted by Crippen LogP contribution is 2.38. The van der Waals surface area contributed by atoms with E-state index in [1.165, 1.54) is 25.7 Å². The van der Waals surface area contributed by atoms with Crippen molar-refractivity contribution >= 4 is 0 Å². The van der Waals surface area contributed by atoms with Crippen molar-refractivity contribution in [3.8, 4) is 12.3 Å². The lowest BCUT2D eigenvalue weighted by molar-refractivity contribution is 0.0787. The van der Waals surface area contributed by atoms with E-state index in [1.54, 1.807) is 0 Å². The number of hydrogen-bond acceptors (Lipinski definition) is 2. The fourth-order valence-corrected chi connectivity index (χ4v) is 3.08. The Morgan fingerprint density at radius 3 is 2.27 bits per heavy atom. The van der Waals surface area contributed by atoms with Gasteiger partial charge in [-0.05, 0) is 25.9 Å². The zero-order chi connectivity index (χ0) is 11.3. The Labute approximate surface area is 94.2 Å². The average molecular weight is 208 g/mol. The van der Waals surface area contributed by atoms with E-state index in [4.69, 9.17) is 12.2 Å². The van der Waals surface area contributed by atoms with Crippen molar-refractivity contribution in [2.24, 2.45) is 5.73 Å². The summed E-state index contributed by atoms with van der Waals surface area (Å²) in [5.74, 6) is 2.72. The predicted octanol–water partition coefficient (Wildman–Crippen LogP) is 1.99. The van der Waals surface area contributed by atoms with E-state index in [9.17, 15) is 0 Å². The highest BCUT2D eigenvalue weighted by atomic mass is 15.2. The Hall–Kier alpha value is -0.520. The number of nitrogens with zero attached hydrogens (tertiary/aromatic N) is 1. The van der Waals surface area contributed by atoms with E-state index in [-0.39, 0.29) is 11.6 Å². The van der Waals surface area contributed by atoms with Gasteiger partial charge in [-0.3, -0.25) is 4.90 Å². The molecule has 0 aromatic carbocycles. The van der Waals surface area contributed by atoms with E-state index >= 15 is 0 Å². The number of terminal acetylenes is 1. The van der Waals surface area contributed by atoms with Crippen LogP contribution in [-0.2, 0) is 0 Å². The smallest absolute Gasteiger partial charge is 0.0369 e. The maximum atomic E-state index is 6.29. The van der Waals surface area contributed by atoms with Crippen LogP contribution >= 0.6 is 0 Å². The quantitative estimate of drug-likeness (QED) is 0.700. The Bertz CT molecular complexity index is 219. The Morgan fingerprint density at radius 2 is 1.87 bits per heavy atom. The van der Waals surface area contributed by atoms with Crippen molar-refractivity contribution in [2.45, 2.75) is 57.5 Å². The number of hydrogen-bond donors (Lipinski definition) is 1. The van der Waals surface area contributed by atoms with Gasteiger partial charge in [-0.2, -0.15) is 0 Å². The number of nitrogens with two attached hydrogens (primary N) is 1. The van der Waals surface area contributed by atoms with E-state index in [2.05, 4.69) is 24.7 Å². The SMILES string of the molecule is C#CCC(N)C1(N(CC)CC)CCCC1. The Morgan fingerprint density at radius 1 is 1.33 bits per heavy atom. The highest BCUT2D eigenvalue weighted by molar-refractivity contribution is 5.06. The number of likely N-dealkylation sites (N-methyl/N-ethyl adjacent to an activating group) is 1. The minimum atomic E-state index is 0.143. The second kappa shape index (κ2) is 5.53. The first-order valence-electron chi connectivity index (χ1n) is 6.15. The third-order valence-electron chi connectivity index (χ3n) is 3.89. The fourth-order valence-electron chi connectivity index (χ4n) is 3.08. The summed E-state index contributed by atoms with van der Waals surface area (Å²) in [6, 6.07) is 0.143. The highest BCUT2D eigenvalue weighted by Gasteiger charge is 2.42. The maximum Gasteiger partial charge on any atom is 0.0369 e. The molecule has 0 radical (unpaired) electrons. The summed E-state index contributed by atoms with van der Waals surface area (Å²) < 4.78 is 0. The van der Waals surface area contributed by atoms with Crippen LogP contribution < -0.4 is 5.73 Å². The van der Waals surface area contributed by atoms with Crippen molar-refractivity contribution in [3.63, 3.8) is 0 Å². The monoisotopic (exact) mass is 208 g/mol. The minimum absolute atomic E-state index is 0.143. The van der Waals surface area contributed by atoms with Crippen LogP contribution in [0.4, 0.5) is 0 Å². The molecular weight excluding hydrogens is 184 g/mol. The molecule has 15 heavy (non-hydrogen) atoms. The molecule has 0 aromatic rings. The summed E-state index contributed by atoms with van der Waals surface area (Å²) in [4.78, 5) is 2.52. The van der Waals surface area contributed by atoms with Crippen LogP contribution in [0.1, 0.15) is 46.0 Å². The van der Waals surface area contributed by atoms with E-state index in [0.717, 1.165) is 13.1 Å². The fraction of sp³-hybridized carbons (Fsp3) is 0.846. The van der Waals surface area contributed by atoms with Crippen LogP contribution in [-0.4, -0.2) is 29.6 Å². The molecule has 0 heterocycles. The molecule has 0 aliphatic heterocycles. The Kier molecular flexibility index (Phi) is 4.63. The lowest BCUT2D eigenvalue weighted by atomic mass is 9.85. The minimum Gasteiger partial charge on any atom is -0.325 e. The molecule has 1 atom stereocenters. The summed E-state index contributed by atoms with van der Waals surface area (Å²) in [7, 11) is 0. The van der Waals surface area contributed by atoms with Gasteiger partial charge in [0.2, 0.25) is 0 Å². The lowest BCUT2D eigenvalue weighted by Gasteiger charge is -2.44. The molecule has 1 aliphatic carbocycles. The van der Waals surface area contributed by atoms with E-state index in [0.29, 0.717) is 6.42 Å². The maximum absolute atomic E-state index is 6.29. The van der Waals surface area contributed by atoms with E-state index < -0.39 is 0 Å². The molecule has 2 nitrogen and oxygen atoms in total. The van der Waals surface area contributed by atoms with Gasteiger partial charge < -0.3 is 5.73 Å². The molecule has 1 unspecified atom stereocenters. The largest absolute Gasteiger partial charge is 0.325 e. The van der Waals surface area contributed by atoms with Gasteiger partial charge >= 0.3 is 0 Å². The molecule has 0 bridgehead atoms. The van der Waals surface area contributed by atoms with Crippen molar-refractivity contribution in [1.29, 1.82) is 0 Å². The topological polar surface area (TPSA) is 29.3 Å². The lowest BCUT2D eigenvalue weighted by Crippen LogP contribution is -2.58. The zero-order valence-electron chi connectivity index (χ0n) is 10.1. The van der Waals surface area contributed by atoms with Crippen LogP contribution in [0.25, 0.3) is 0 Å². The normalized spacial score (nSPS) is 21.5. The summed E-state index contributed by atoms with van der Waals surface area (Å²) in [5, 5.41) is 0. The molecule has 1 aliphatic rings. The molecule has 0 aromatic heterocycles. The molecule has 1 fully saturated rings. The first-order valence-corrected chi connectivity index (χ1v) is 6.15. The first kappa shape index (κ1) is 12.5. The molecule has 0 spiro atoms. The standard InChI is InChI=1S/C13H24N2/c1-4-9-12(14)13(10-7-8-11-13)15(5-2)6-3/h1,12H,5-11,14H2,2-3H3. The predicted molar refractivity (Wildman–Crippen MR) is 65.5 cm³/mol. The molecular formula is C13H24N2. The molecule has 0 amide bonds. The number of rotatable bonds is 5. The van der Waals surface area contributed by atoms with Gasteiger partial charge in [-0.15, -0.1) is 12.3 Å². The molecule has 0 saturated heterocycles. The van der Waals surface area contributed by atoms with Gasteiger partial charge in [0.1, 0.15) is 0 Å². The van der Waals surface area contributed by atoms with Crippen LogP contribution in [0.5, 0.6) is 0 Å². The molecule has 1 saturated carbocycles. The third kappa shape index (κ3) is 2.35. The van der Waals surface area contributed by atoms with Gasteiger partial charge in [-0.25, -0.2) is 0 Å².